The van der Waals surface area contributed by atoms with E-state index in [-0.39, 0.29) is 11.9 Å². The van der Waals surface area contributed by atoms with Crippen LogP contribution in [0.4, 0.5) is 10.5 Å². The first kappa shape index (κ1) is 27.8. The lowest BCUT2D eigenvalue weighted by Crippen LogP contribution is -2.46. The summed E-state index contributed by atoms with van der Waals surface area (Å²) < 4.78 is 0. The van der Waals surface area contributed by atoms with Gasteiger partial charge in [-0.05, 0) is 80.6 Å². The van der Waals surface area contributed by atoms with Gasteiger partial charge < -0.3 is 20.6 Å². The van der Waals surface area contributed by atoms with Crippen molar-refractivity contribution in [1.29, 1.82) is 0 Å². The molecule has 1 heterocycles. The Balaban J connectivity index is 1.32. The van der Waals surface area contributed by atoms with Gasteiger partial charge in [-0.3, -0.25) is 5.32 Å². The van der Waals surface area contributed by atoms with E-state index < -0.39 is 6.23 Å². The summed E-state index contributed by atoms with van der Waals surface area (Å²) in [6.45, 7) is 3.18. The van der Waals surface area contributed by atoms with E-state index >= 15 is 0 Å². The zero-order valence-electron chi connectivity index (χ0n) is 20.0. The van der Waals surface area contributed by atoms with Crippen LogP contribution in [0.2, 0.25) is 20.1 Å². The number of carbonyl (C=O) groups excluding carboxylic acids is 1. The van der Waals surface area contributed by atoms with Crippen molar-refractivity contribution in [2.75, 3.05) is 31.5 Å². The summed E-state index contributed by atoms with van der Waals surface area (Å²) in [6.07, 6.45) is 4.89. The summed E-state index contributed by atoms with van der Waals surface area (Å²) in [5.41, 5.74) is 1.54. The van der Waals surface area contributed by atoms with Crippen LogP contribution in [0.3, 0.4) is 0 Å². The minimum atomic E-state index is -0.398. The summed E-state index contributed by atoms with van der Waals surface area (Å²) in [6, 6.07) is 10.5. The maximum atomic E-state index is 12.6. The van der Waals surface area contributed by atoms with Crippen LogP contribution in [0.15, 0.2) is 36.4 Å². The van der Waals surface area contributed by atoms with Crippen molar-refractivity contribution in [3.05, 3.63) is 62.1 Å². The molecule has 36 heavy (non-hydrogen) atoms. The number of benzene rings is 2. The maximum Gasteiger partial charge on any atom is 0.319 e. The molecule has 0 spiro atoms. The Kier molecular flexibility index (Phi) is 10.0. The number of amides is 2. The number of urea groups is 1. The van der Waals surface area contributed by atoms with E-state index in [0.717, 1.165) is 50.9 Å². The highest BCUT2D eigenvalue weighted by Crippen LogP contribution is 2.30. The molecule has 1 saturated carbocycles. The van der Waals surface area contributed by atoms with Crippen molar-refractivity contribution < 1.29 is 9.90 Å². The summed E-state index contributed by atoms with van der Waals surface area (Å²) in [5, 5.41) is 21.4. The van der Waals surface area contributed by atoms with E-state index in [1.54, 1.807) is 24.3 Å². The molecule has 1 aliphatic heterocycles. The van der Waals surface area contributed by atoms with Crippen molar-refractivity contribution >= 4 is 58.1 Å². The average Bonchev–Trinajstić information content (AvgIpc) is 3.21. The normalized spacial score (nSPS) is 20.1. The lowest BCUT2D eigenvalue weighted by molar-refractivity contribution is 0.0262. The number of nitrogens with one attached hydrogen (secondary N) is 3. The lowest BCUT2D eigenvalue weighted by atomic mass is 9.84. The summed E-state index contributed by atoms with van der Waals surface area (Å²) >= 11 is 24.5. The van der Waals surface area contributed by atoms with Crippen LogP contribution in [-0.4, -0.2) is 54.5 Å². The highest BCUT2D eigenvalue weighted by atomic mass is 35.5. The van der Waals surface area contributed by atoms with Crippen LogP contribution in [0, 0.1) is 5.92 Å². The van der Waals surface area contributed by atoms with Crippen molar-refractivity contribution in [1.82, 2.24) is 15.5 Å². The van der Waals surface area contributed by atoms with Crippen LogP contribution in [0.25, 0.3) is 0 Å². The second-order valence-corrected chi connectivity index (χ2v) is 11.4. The topological polar surface area (TPSA) is 76.6 Å². The predicted molar refractivity (Wildman–Crippen MR) is 149 cm³/mol. The average molecular weight is 574 g/mol. The van der Waals surface area contributed by atoms with Crippen LogP contribution in [-0.2, 0) is 0 Å². The molecule has 3 atom stereocenters. The Labute approximate surface area is 232 Å². The van der Waals surface area contributed by atoms with Crippen LogP contribution < -0.4 is 16.0 Å². The predicted octanol–water partition coefficient (Wildman–Crippen LogP) is 6.38. The number of anilines is 1. The molecule has 0 aromatic heterocycles. The van der Waals surface area contributed by atoms with Crippen molar-refractivity contribution in [2.45, 2.75) is 50.3 Å². The first-order chi connectivity index (χ1) is 17.3. The first-order valence-electron chi connectivity index (χ1n) is 12.4. The van der Waals surface area contributed by atoms with Gasteiger partial charge in [-0.15, -0.1) is 0 Å². The van der Waals surface area contributed by atoms with Gasteiger partial charge in [0, 0.05) is 40.8 Å². The van der Waals surface area contributed by atoms with E-state index in [4.69, 9.17) is 46.4 Å². The van der Waals surface area contributed by atoms with Gasteiger partial charge >= 0.3 is 6.03 Å². The molecular formula is C26H32Cl4N4O2. The second kappa shape index (κ2) is 13.0. The third-order valence-electron chi connectivity index (χ3n) is 7.11. The summed E-state index contributed by atoms with van der Waals surface area (Å²) in [4.78, 5) is 15.0. The molecule has 4 rings (SSSR count). The quantitative estimate of drug-likeness (QED) is 0.249. The second-order valence-electron chi connectivity index (χ2n) is 9.74. The molecule has 10 heteroatoms. The monoisotopic (exact) mass is 572 g/mol. The van der Waals surface area contributed by atoms with E-state index in [2.05, 4.69) is 20.9 Å². The number of aliphatic hydroxyl groups is 1. The number of carbonyl (C=O) groups is 1. The highest BCUT2D eigenvalue weighted by molar-refractivity contribution is 6.42. The molecule has 2 amide bonds. The van der Waals surface area contributed by atoms with Gasteiger partial charge in [-0.1, -0.05) is 58.9 Å². The van der Waals surface area contributed by atoms with Crippen LogP contribution in [0.1, 0.15) is 43.6 Å². The zero-order valence-corrected chi connectivity index (χ0v) is 23.0. The molecule has 0 radical (unpaired) electrons. The fraction of sp³-hybridized carbons (Fsp3) is 0.500. The summed E-state index contributed by atoms with van der Waals surface area (Å²) in [5.74, 6) is 0.444. The Hall–Kier alpha value is -1.25. The number of likely N-dealkylation sites (tertiary alicyclic amines) is 1. The van der Waals surface area contributed by atoms with Crippen molar-refractivity contribution in [3.63, 3.8) is 0 Å². The zero-order chi connectivity index (χ0) is 25.7. The summed E-state index contributed by atoms with van der Waals surface area (Å²) in [7, 11) is 0. The van der Waals surface area contributed by atoms with Crippen molar-refractivity contribution in [3.8, 4) is 0 Å². The molecule has 1 aliphatic carbocycles. The van der Waals surface area contributed by atoms with E-state index in [9.17, 15) is 9.90 Å². The number of halogens is 4. The SMILES string of the molecule is O=C(NCC(CCN1CCC(NC(O)C2CCC2)C1)c1ccc(Cl)c(Cl)c1)Nc1cc(Cl)cc(Cl)c1. The Morgan fingerprint density at radius 3 is 2.44 bits per heavy atom. The number of hydrogen-bond donors (Lipinski definition) is 4. The van der Waals surface area contributed by atoms with E-state index in [1.165, 1.54) is 6.42 Å². The van der Waals surface area contributed by atoms with Gasteiger partial charge in [0.1, 0.15) is 6.23 Å². The van der Waals surface area contributed by atoms with Crippen LogP contribution in [0.5, 0.6) is 0 Å². The molecule has 2 aromatic rings. The number of nitrogens with zero attached hydrogens (tertiary/aromatic N) is 1. The third kappa shape index (κ3) is 7.87. The van der Waals surface area contributed by atoms with Crippen LogP contribution >= 0.6 is 46.4 Å². The molecule has 2 aromatic carbocycles. The minimum Gasteiger partial charge on any atom is -0.378 e. The molecule has 196 valence electrons. The third-order valence-corrected chi connectivity index (χ3v) is 8.29. The highest BCUT2D eigenvalue weighted by Gasteiger charge is 2.30. The fourth-order valence-corrected chi connectivity index (χ4v) is 5.65. The number of rotatable bonds is 10. The van der Waals surface area contributed by atoms with E-state index in [0.29, 0.717) is 44.3 Å². The van der Waals surface area contributed by atoms with Gasteiger partial charge in [0.15, 0.2) is 0 Å². The Morgan fingerprint density at radius 2 is 1.78 bits per heavy atom. The first-order valence-corrected chi connectivity index (χ1v) is 13.9. The Bertz CT molecular complexity index is 1030. The molecule has 2 aliphatic rings. The molecule has 4 N–H and O–H groups in total. The molecule has 2 fully saturated rings. The lowest BCUT2D eigenvalue weighted by Gasteiger charge is -2.32. The molecular weight excluding hydrogens is 542 g/mol. The number of hydrogen-bond acceptors (Lipinski definition) is 4. The smallest absolute Gasteiger partial charge is 0.319 e. The van der Waals surface area contributed by atoms with Gasteiger partial charge in [0.25, 0.3) is 0 Å². The van der Waals surface area contributed by atoms with E-state index in [1.807, 2.05) is 12.1 Å². The molecule has 1 saturated heterocycles. The molecule has 0 bridgehead atoms. The van der Waals surface area contributed by atoms with Gasteiger partial charge in [-0.2, -0.15) is 0 Å². The molecule has 6 nitrogen and oxygen atoms in total. The fourth-order valence-electron chi connectivity index (χ4n) is 4.81. The maximum absolute atomic E-state index is 12.6. The minimum absolute atomic E-state index is 0.0426. The van der Waals surface area contributed by atoms with Gasteiger partial charge in [-0.25, -0.2) is 4.79 Å². The molecule has 3 unspecified atom stereocenters. The van der Waals surface area contributed by atoms with Gasteiger partial charge in [0.05, 0.1) is 10.0 Å². The number of aliphatic hydroxyl groups excluding tert-OH is 1. The largest absolute Gasteiger partial charge is 0.378 e. The standard InChI is InChI=1S/C26H32Cl4N4O2/c27-19-11-20(28)13-22(12-19)33-26(36)31-14-18(17-4-5-23(29)24(30)10-17)6-8-34-9-7-21(15-34)32-25(35)16-2-1-3-16/h4-5,10-13,16,18,21,25,32,35H,1-3,6-9,14-15H2,(H2,31,33,36). The van der Waals surface area contributed by atoms with Crippen molar-refractivity contribution in [2.24, 2.45) is 5.92 Å². The van der Waals surface area contributed by atoms with Gasteiger partial charge in [0.2, 0.25) is 0 Å². The Morgan fingerprint density at radius 1 is 1.03 bits per heavy atom.